The molecule has 1 aliphatic carbocycles. The number of ether oxygens (including phenoxy) is 1. The van der Waals surface area contributed by atoms with Crippen LogP contribution in [0.5, 0.6) is 5.75 Å². The SMILES string of the molecule is CC(=O)N(CC1CCCCC1)c1cccc(-c2sc(C(=O)O)c(OCC(=O)O)c2C)c1. The van der Waals surface area contributed by atoms with Gasteiger partial charge in [-0.25, -0.2) is 9.59 Å². The lowest BCUT2D eigenvalue weighted by molar-refractivity contribution is -0.139. The van der Waals surface area contributed by atoms with Crippen LogP contribution in [0.25, 0.3) is 10.4 Å². The highest BCUT2D eigenvalue weighted by Crippen LogP contribution is 2.42. The Morgan fingerprint density at radius 1 is 1.16 bits per heavy atom. The summed E-state index contributed by atoms with van der Waals surface area (Å²) in [7, 11) is 0. The highest BCUT2D eigenvalue weighted by Gasteiger charge is 2.24. The van der Waals surface area contributed by atoms with Crippen LogP contribution in [-0.4, -0.2) is 41.2 Å². The van der Waals surface area contributed by atoms with Crippen LogP contribution in [0.1, 0.15) is 54.3 Å². The molecule has 0 unspecified atom stereocenters. The zero-order chi connectivity index (χ0) is 22.5. The molecule has 2 N–H and O–H groups in total. The fraction of sp³-hybridized carbons (Fsp3) is 0.435. The maximum Gasteiger partial charge on any atom is 0.349 e. The lowest BCUT2D eigenvalue weighted by Gasteiger charge is -2.29. The number of benzene rings is 1. The second-order valence-electron chi connectivity index (χ2n) is 7.89. The van der Waals surface area contributed by atoms with Crippen molar-refractivity contribution in [1.29, 1.82) is 0 Å². The number of carbonyl (C=O) groups is 3. The Hall–Kier alpha value is -2.87. The van der Waals surface area contributed by atoms with Crippen LogP contribution in [0.3, 0.4) is 0 Å². The van der Waals surface area contributed by atoms with E-state index in [2.05, 4.69) is 0 Å². The lowest BCUT2D eigenvalue weighted by atomic mass is 9.89. The highest BCUT2D eigenvalue weighted by atomic mass is 32.1. The van der Waals surface area contributed by atoms with E-state index in [1.54, 1.807) is 18.7 Å². The predicted molar refractivity (Wildman–Crippen MR) is 119 cm³/mol. The highest BCUT2D eigenvalue weighted by molar-refractivity contribution is 7.18. The Balaban J connectivity index is 1.94. The molecule has 2 aromatic rings. The molecule has 0 aliphatic heterocycles. The van der Waals surface area contributed by atoms with Gasteiger partial charge in [-0.15, -0.1) is 11.3 Å². The number of rotatable bonds is 8. The molecular weight excluding hydrogens is 418 g/mol. The van der Waals surface area contributed by atoms with Crippen LogP contribution in [0.15, 0.2) is 24.3 Å². The first-order valence-electron chi connectivity index (χ1n) is 10.4. The van der Waals surface area contributed by atoms with E-state index in [0.29, 0.717) is 22.9 Å². The van der Waals surface area contributed by atoms with Crippen molar-refractivity contribution in [3.8, 4) is 16.2 Å². The third-order valence-electron chi connectivity index (χ3n) is 5.59. The molecule has 1 heterocycles. The fourth-order valence-corrected chi connectivity index (χ4v) is 5.17. The first-order chi connectivity index (χ1) is 14.8. The van der Waals surface area contributed by atoms with Crippen LogP contribution >= 0.6 is 11.3 Å². The number of thiophene rings is 1. The van der Waals surface area contributed by atoms with Crippen molar-refractivity contribution < 1.29 is 29.3 Å². The number of anilines is 1. The molecule has 1 amide bonds. The van der Waals surface area contributed by atoms with Crippen LogP contribution in [-0.2, 0) is 9.59 Å². The van der Waals surface area contributed by atoms with Gasteiger partial charge in [-0.1, -0.05) is 31.4 Å². The second-order valence-corrected chi connectivity index (χ2v) is 8.91. The molecule has 7 nitrogen and oxygen atoms in total. The van der Waals surface area contributed by atoms with Gasteiger partial charge < -0.3 is 19.8 Å². The predicted octanol–water partition coefficient (Wildman–Crippen LogP) is 4.82. The Labute approximate surface area is 185 Å². The minimum absolute atomic E-state index is 0.0256. The van der Waals surface area contributed by atoms with Gasteiger partial charge in [-0.2, -0.15) is 0 Å². The molecule has 1 saturated carbocycles. The van der Waals surface area contributed by atoms with Crippen molar-refractivity contribution in [3.05, 3.63) is 34.7 Å². The van der Waals surface area contributed by atoms with E-state index < -0.39 is 18.5 Å². The molecule has 31 heavy (non-hydrogen) atoms. The number of carboxylic acid groups (broad SMARTS) is 2. The summed E-state index contributed by atoms with van der Waals surface area (Å²) in [5, 5.41) is 18.4. The minimum atomic E-state index is -1.18. The quantitative estimate of drug-likeness (QED) is 0.604. The lowest BCUT2D eigenvalue weighted by Crippen LogP contribution is -2.34. The van der Waals surface area contributed by atoms with Crippen LogP contribution in [0.2, 0.25) is 0 Å². The van der Waals surface area contributed by atoms with E-state index in [9.17, 15) is 19.5 Å². The Morgan fingerprint density at radius 2 is 1.87 bits per heavy atom. The van der Waals surface area contributed by atoms with Gasteiger partial charge >= 0.3 is 11.9 Å². The second kappa shape index (κ2) is 9.96. The van der Waals surface area contributed by atoms with Gasteiger partial charge in [0, 0.05) is 29.6 Å². The molecule has 0 spiro atoms. The van der Waals surface area contributed by atoms with Gasteiger partial charge in [0.1, 0.15) is 5.75 Å². The standard InChI is InChI=1S/C23H27NO6S/c1-14-20(30-13-19(26)27)22(23(28)29)31-21(14)17-9-6-10-18(11-17)24(15(2)25)12-16-7-4-3-5-8-16/h6,9-11,16H,3-5,7-8,12-13H2,1-2H3,(H,26,27)(H,28,29). The molecule has 166 valence electrons. The summed E-state index contributed by atoms with van der Waals surface area (Å²) < 4.78 is 5.27. The van der Waals surface area contributed by atoms with Crippen molar-refractivity contribution in [2.24, 2.45) is 5.92 Å². The summed E-state index contributed by atoms with van der Waals surface area (Å²) in [5.41, 5.74) is 2.11. The van der Waals surface area contributed by atoms with Crippen molar-refractivity contribution in [2.45, 2.75) is 46.0 Å². The average Bonchev–Trinajstić information content (AvgIpc) is 3.07. The van der Waals surface area contributed by atoms with Gasteiger partial charge in [0.15, 0.2) is 11.5 Å². The van der Waals surface area contributed by atoms with Crippen LogP contribution < -0.4 is 9.64 Å². The number of carbonyl (C=O) groups excluding carboxylic acids is 1. The molecule has 0 bridgehead atoms. The first kappa shape index (κ1) is 22.8. The number of hydrogen-bond acceptors (Lipinski definition) is 5. The first-order valence-corrected chi connectivity index (χ1v) is 11.2. The van der Waals surface area contributed by atoms with E-state index in [4.69, 9.17) is 9.84 Å². The molecular formula is C23H27NO6S. The molecule has 0 radical (unpaired) electrons. The number of aromatic carboxylic acids is 1. The largest absolute Gasteiger partial charge is 0.480 e. The van der Waals surface area contributed by atoms with Gasteiger partial charge in [0.25, 0.3) is 0 Å². The molecule has 0 saturated heterocycles. The number of hydrogen-bond donors (Lipinski definition) is 2. The minimum Gasteiger partial charge on any atom is -0.480 e. The normalized spacial score (nSPS) is 14.3. The summed E-state index contributed by atoms with van der Waals surface area (Å²) in [5.74, 6) is -1.81. The molecule has 1 fully saturated rings. The zero-order valence-corrected chi connectivity index (χ0v) is 18.5. The van der Waals surface area contributed by atoms with Crippen LogP contribution in [0.4, 0.5) is 5.69 Å². The van der Waals surface area contributed by atoms with Crippen molar-refractivity contribution in [1.82, 2.24) is 0 Å². The molecule has 1 aliphatic rings. The van der Waals surface area contributed by atoms with Crippen LogP contribution in [0, 0.1) is 12.8 Å². The smallest absolute Gasteiger partial charge is 0.349 e. The van der Waals surface area contributed by atoms with E-state index >= 15 is 0 Å². The molecule has 8 heteroatoms. The third-order valence-corrected chi connectivity index (χ3v) is 6.90. The third kappa shape index (κ3) is 5.44. The van der Waals surface area contributed by atoms with Crippen molar-refractivity contribution in [2.75, 3.05) is 18.1 Å². The Kier molecular flexibility index (Phi) is 7.33. The van der Waals surface area contributed by atoms with E-state index in [0.717, 1.165) is 35.4 Å². The fourth-order valence-electron chi connectivity index (χ4n) is 4.08. The summed E-state index contributed by atoms with van der Waals surface area (Å²) in [6.45, 7) is 3.34. The Bertz CT molecular complexity index is 976. The van der Waals surface area contributed by atoms with Crippen molar-refractivity contribution >= 4 is 34.9 Å². The zero-order valence-electron chi connectivity index (χ0n) is 17.7. The maximum absolute atomic E-state index is 12.4. The molecule has 1 aromatic carbocycles. The van der Waals surface area contributed by atoms with E-state index in [1.165, 1.54) is 19.3 Å². The molecule has 1 aromatic heterocycles. The molecule has 3 rings (SSSR count). The summed E-state index contributed by atoms with van der Waals surface area (Å²) >= 11 is 1.04. The van der Waals surface area contributed by atoms with Gasteiger partial charge in [0.2, 0.25) is 5.91 Å². The molecule has 0 atom stereocenters. The van der Waals surface area contributed by atoms with Gasteiger partial charge in [0.05, 0.1) is 0 Å². The summed E-state index contributed by atoms with van der Waals surface area (Å²) in [6, 6.07) is 7.47. The number of aliphatic carboxylic acids is 1. The number of amides is 1. The number of nitrogens with zero attached hydrogens (tertiary/aromatic N) is 1. The van der Waals surface area contributed by atoms with E-state index in [1.807, 2.05) is 24.3 Å². The summed E-state index contributed by atoms with van der Waals surface area (Å²) in [4.78, 5) is 37.4. The average molecular weight is 446 g/mol. The monoisotopic (exact) mass is 445 g/mol. The van der Waals surface area contributed by atoms with E-state index in [-0.39, 0.29) is 16.5 Å². The Morgan fingerprint density at radius 3 is 2.48 bits per heavy atom. The van der Waals surface area contributed by atoms with Crippen molar-refractivity contribution in [3.63, 3.8) is 0 Å². The topological polar surface area (TPSA) is 104 Å². The number of carboxylic acids is 2. The summed E-state index contributed by atoms with van der Waals surface area (Å²) in [6.07, 6.45) is 5.89. The van der Waals surface area contributed by atoms with Gasteiger partial charge in [-0.05, 0) is 43.4 Å². The maximum atomic E-state index is 12.4. The van der Waals surface area contributed by atoms with Gasteiger partial charge in [-0.3, -0.25) is 4.79 Å².